The Labute approximate surface area is 147 Å². The molecule has 0 radical (unpaired) electrons. The molecule has 1 aliphatic rings. The molecule has 1 aromatic heterocycles. The molecule has 7 heteroatoms. The lowest BCUT2D eigenvalue weighted by molar-refractivity contribution is -0.123. The summed E-state index contributed by atoms with van der Waals surface area (Å²) in [5.74, 6) is 2.12. The predicted octanol–water partition coefficient (Wildman–Crippen LogP) is 2.13. The molecule has 0 saturated carbocycles. The summed E-state index contributed by atoms with van der Waals surface area (Å²) < 4.78 is 10.9. The number of benzene rings is 1. The number of hydrogen-bond donors (Lipinski definition) is 1. The van der Waals surface area contributed by atoms with Crippen LogP contribution in [0.15, 0.2) is 34.9 Å². The maximum Gasteiger partial charge on any atom is 0.258 e. The Morgan fingerprint density at radius 2 is 2.16 bits per heavy atom. The van der Waals surface area contributed by atoms with Gasteiger partial charge in [-0.1, -0.05) is 37.2 Å². The van der Waals surface area contributed by atoms with Crippen LogP contribution in [-0.4, -0.2) is 47.2 Å². The van der Waals surface area contributed by atoms with E-state index in [-0.39, 0.29) is 30.5 Å². The van der Waals surface area contributed by atoms with Crippen LogP contribution >= 0.6 is 0 Å². The summed E-state index contributed by atoms with van der Waals surface area (Å²) in [6, 6.07) is 9.38. The molecule has 1 N–H and O–H groups in total. The molecule has 1 amide bonds. The molecular formula is C18H24N4O3. The molecule has 1 aromatic carbocycles. The smallest absolute Gasteiger partial charge is 0.258 e. The average Bonchev–Trinajstić information content (AvgIpc) is 3.21. The topological polar surface area (TPSA) is 80.5 Å². The highest BCUT2D eigenvalue weighted by molar-refractivity contribution is 5.77. The molecule has 134 valence electrons. The number of likely N-dealkylation sites (N-methyl/N-ethyl adjacent to an activating group) is 1. The van der Waals surface area contributed by atoms with E-state index < -0.39 is 0 Å². The molecule has 3 rings (SSSR count). The second kappa shape index (κ2) is 7.65. The van der Waals surface area contributed by atoms with E-state index in [4.69, 9.17) is 9.26 Å². The van der Waals surface area contributed by atoms with Crippen molar-refractivity contribution in [2.24, 2.45) is 0 Å². The van der Waals surface area contributed by atoms with E-state index in [1.165, 1.54) is 0 Å². The second-order valence-corrected chi connectivity index (χ2v) is 6.70. The van der Waals surface area contributed by atoms with Crippen molar-refractivity contribution in [3.8, 4) is 5.75 Å². The summed E-state index contributed by atoms with van der Waals surface area (Å²) in [5.41, 5.74) is 0. The van der Waals surface area contributed by atoms with Gasteiger partial charge in [-0.2, -0.15) is 4.98 Å². The minimum atomic E-state index is -0.128. The van der Waals surface area contributed by atoms with Gasteiger partial charge in [-0.15, -0.1) is 0 Å². The third-order valence-electron chi connectivity index (χ3n) is 4.29. The largest absolute Gasteiger partial charge is 0.484 e. The van der Waals surface area contributed by atoms with Gasteiger partial charge in [0.05, 0.1) is 6.04 Å². The number of amides is 1. The lowest BCUT2D eigenvalue weighted by atomic mass is 10.1. The molecule has 2 aromatic rings. The zero-order valence-electron chi connectivity index (χ0n) is 14.8. The van der Waals surface area contributed by atoms with Crippen molar-refractivity contribution in [2.75, 3.05) is 20.2 Å². The summed E-state index contributed by atoms with van der Waals surface area (Å²) in [6.45, 7) is 4.81. The molecule has 0 spiro atoms. The molecule has 7 nitrogen and oxygen atoms in total. The zero-order valence-corrected chi connectivity index (χ0v) is 14.8. The summed E-state index contributed by atoms with van der Waals surface area (Å²) in [4.78, 5) is 18.7. The lowest BCUT2D eigenvalue weighted by Gasteiger charge is -2.14. The number of nitrogens with zero attached hydrogens (tertiary/aromatic N) is 3. The number of aromatic nitrogens is 2. The average molecular weight is 344 g/mol. The van der Waals surface area contributed by atoms with Crippen molar-refractivity contribution in [1.82, 2.24) is 20.4 Å². The standard InChI is InChI=1S/C18H24N4O3/c1-12(2)17-20-18(25-21-17)15-9-13(10-22(15)3)19-16(23)11-24-14-7-5-4-6-8-14/h4-8,12-13,15H,9-11H2,1-3H3,(H,19,23). The van der Waals surface area contributed by atoms with Crippen LogP contribution in [-0.2, 0) is 4.79 Å². The maximum atomic E-state index is 12.1. The third kappa shape index (κ3) is 4.36. The molecule has 0 bridgehead atoms. The van der Waals surface area contributed by atoms with Gasteiger partial charge in [0.15, 0.2) is 12.4 Å². The summed E-state index contributed by atoms with van der Waals surface area (Å²) in [6.07, 6.45) is 0.743. The van der Waals surface area contributed by atoms with Crippen LogP contribution in [0.1, 0.15) is 43.9 Å². The van der Waals surface area contributed by atoms with Gasteiger partial charge in [0.2, 0.25) is 5.89 Å². The van der Waals surface area contributed by atoms with Gasteiger partial charge >= 0.3 is 0 Å². The summed E-state index contributed by atoms with van der Waals surface area (Å²) in [5, 5.41) is 7.04. The first-order valence-electron chi connectivity index (χ1n) is 8.54. The van der Waals surface area contributed by atoms with Gasteiger partial charge in [-0.05, 0) is 25.6 Å². The Morgan fingerprint density at radius 3 is 2.84 bits per heavy atom. The fourth-order valence-electron chi connectivity index (χ4n) is 2.94. The number of nitrogens with one attached hydrogen (secondary N) is 1. The molecular weight excluding hydrogens is 320 g/mol. The number of para-hydroxylation sites is 1. The van der Waals surface area contributed by atoms with Crippen LogP contribution < -0.4 is 10.1 Å². The molecule has 1 fully saturated rings. The van der Waals surface area contributed by atoms with Gasteiger partial charge in [0.25, 0.3) is 5.91 Å². The number of carbonyl (C=O) groups excluding carboxylic acids is 1. The SMILES string of the molecule is CC(C)c1noc(C2CC(NC(=O)COc3ccccc3)CN2C)n1. The van der Waals surface area contributed by atoms with Crippen LogP contribution in [0.2, 0.25) is 0 Å². The first-order valence-corrected chi connectivity index (χ1v) is 8.54. The fourth-order valence-corrected chi connectivity index (χ4v) is 2.94. The van der Waals surface area contributed by atoms with E-state index in [0.29, 0.717) is 17.5 Å². The lowest BCUT2D eigenvalue weighted by Crippen LogP contribution is -2.39. The Balaban J connectivity index is 1.51. The highest BCUT2D eigenvalue weighted by Gasteiger charge is 2.35. The van der Waals surface area contributed by atoms with E-state index in [2.05, 4.69) is 20.4 Å². The van der Waals surface area contributed by atoms with Crippen molar-refractivity contribution >= 4 is 5.91 Å². The first-order chi connectivity index (χ1) is 12.0. The second-order valence-electron chi connectivity index (χ2n) is 6.70. The van der Waals surface area contributed by atoms with Gasteiger partial charge in [-0.3, -0.25) is 9.69 Å². The van der Waals surface area contributed by atoms with E-state index in [0.717, 1.165) is 13.0 Å². The number of carbonyl (C=O) groups is 1. The molecule has 2 heterocycles. The molecule has 2 unspecified atom stereocenters. The zero-order chi connectivity index (χ0) is 17.8. The number of ether oxygens (including phenoxy) is 1. The van der Waals surface area contributed by atoms with Gasteiger partial charge < -0.3 is 14.6 Å². The van der Waals surface area contributed by atoms with E-state index >= 15 is 0 Å². The van der Waals surface area contributed by atoms with Crippen LogP contribution in [0.4, 0.5) is 0 Å². The fraction of sp³-hybridized carbons (Fsp3) is 0.500. The van der Waals surface area contributed by atoms with Gasteiger partial charge in [0.1, 0.15) is 5.75 Å². The van der Waals surface area contributed by atoms with E-state index in [9.17, 15) is 4.79 Å². The number of likely N-dealkylation sites (tertiary alicyclic amines) is 1. The predicted molar refractivity (Wildman–Crippen MR) is 92.2 cm³/mol. The molecule has 2 atom stereocenters. The minimum Gasteiger partial charge on any atom is -0.484 e. The number of hydrogen-bond acceptors (Lipinski definition) is 6. The van der Waals surface area contributed by atoms with Crippen molar-refractivity contribution in [3.05, 3.63) is 42.0 Å². The van der Waals surface area contributed by atoms with Gasteiger partial charge in [0, 0.05) is 18.5 Å². The van der Waals surface area contributed by atoms with Crippen molar-refractivity contribution in [3.63, 3.8) is 0 Å². The first kappa shape index (κ1) is 17.4. The summed E-state index contributed by atoms with van der Waals surface area (Å²) >= 11 is 0. The quantitative estimate of drug-likeness (QED) is 0.865. The maximum absolute atomic E-state index is 12.1. The Kier molecular flexibility index (Phi) is 5.33. The van der Waals surface area contributed by atoms with Gasteiger partial charge in [-0.25, -0.2) is 0 Å². The van der Waals surface area contributed by atoms with Crippen molar-refractivity contribution in [1.29, 1.82) is 0 Å². The Bertz CT molecular complexity index is 701. The van der Waals surface area contributed by atoms with Crippen LogP contribution in [0.3, 0.4) is 0 Å². The minimum absolute atomic E-state index is 0.00689. The monoisotopic (exact) mass is 344 g/mol. The van der Waals surface area contributed by atoms with Crippen LogP contribution in [0, 0.1) is 0 Å². The normalized spacial score (nSPS) is 20.8. The Morgan fingerprint density at radius 1 is 1.40 bits per heavy atom. The van der Waals surface area contributed by atoms with Crippen molar-refractivity contribution < 1.29 is 14.1 Å². The highest BCUT2D eigenvalue weighted by Crippen LogP contribution is 2.30. The van der Waals surface area contributed by atoms with Crippen LogP contribution in [0.5, 0.6) is 5.75 Å². The van der Waals surface area contributed by atoms with E-state index in [1.54, 1.807) is 0 Å². The van der Waals surface area contributed by atoms with Crippen LogP contribution in [0.25, 0.3) is 0 Å². The Hall–Kier alpha value is -2.41. The molecule has 1 aliphatic heterocycles. The van der Waals surface area contributed by atoms with E-state index in [1.807, 2.05) is 51.2 Å². The third-order valence-corrected chi connectivity index (χ3v) is 4.29. The summed E-state index contributed by atoms with van der Waals surface area (Å²) in [7, 11) is 2.00. The highest BCUT2D eigenvalue weighted by atomic mass is 16.5. The number of rotatable bonds is 6. The van der Waals surface area contributed by atoms with Crippen molar-refractivity contribution in [2.45, 2.75) is 38.3 Å². The molecule has 0 aliphatic carbocycles. The molecule has 1 saturated heterocycles. The molecule has 25 heavy (non-hydrogen) atoms.